The van der Waals surface area contributed by atoms with Gasteiger partial charge in [0.15, 0.2) is 11.5 Å². The second-order valence-corrected chi connectivity index (χ2v) is 9.38. The highest BCUT2D eigenvalue weighted by Crippen LogP contribution is 2.08. The lowest BCUT2D eigenvalue weighted by Gasteiger charge is -2.14. The van der Waals surface area contributed by atoms with E-state index >= 15 is 0 Å². The van der Waals surface area contributed by atoms with Gasteiger partial charge in [-0.3, -0.25) is 4.79 Å². The Morgan fingerprint density at radius 2 is 1.74 bits per heavy atom. The van der Waals surface area contributed by atoms with Crippen molar-refractivity contribution in [1.82, 2.24) is 0 Å². The molecule has 1 heterocycles. The lowest BCUT2D eigenvalue weighted by Crippen LogP contribution is -2.32. The number of ether oxygens (including phenoxy) is 1. The maximum atomic E-state index is 11.4. The van der Waals surface area contributed by atoms with E-state index in [1.165, 1.54) is 12.1 Å². The zero-order chi connectivity index (χ0) is 17.5. The number of aryl methyl sites for hydroxylation is 1. The fourth-order valence-corrected chi connectivity index (χ4v) is 4.18. The van der Waals surface area contributed by atoms with Crippen LogP contribution in [0.3, 0.4) is 0 Å². The van der Waals surface area contributed by atoms with Gasteiger partial charge in [-0.05, 0) is 30.0 Å². The molecule has 0 amide bonds. The maximum Gasteiger partial charge on any atom is 0.184 e. The molecule has 0 N–H and O–H groups in total. The van der Waals surface area contributed by atoms with E-state index in [0.29, 0.717) is 16.7 Å². The van der Waals surface area contributed by atoms with Crippen LogP contribution in [0.25, 0.3) is 0 Å². The monoisotopic (exact) mass is 360 g/mol. The third-order valence-electron chi connectivity index (χ3n) is 3.33. The van der Waals surface area contributed by atoms with E-state index in [4.69, 9.17) is 4.74 Å². The zero-order valence-electron chi connectivity index (χ0n) is 13.8. The number of ketones is 1. The van der Waals surface area contributed by atoms with Crippen LogP contribution < -0.4 is 0 Å². The lowest BCUT2D eigenvalue weighted by atomic mass is 10.1. The summed E-state index contributed by atoms with van der Waals surface area (Å²) in [5.41, 5.74) is 0.928. The van der Waals surface area contributed by atoms with Crippen molar-refractivity contribution in [2.45, 2.75) is 25.7 Å². The smallest absolute Gasteiger partial charge is 0.184 e. The van der Waals surface area contributed by atoms with Gasteiger partial charge in [-0.1, -0.05) is 31.5 Å². The van der Waals surface area contributed by atoms with E-state index < -0.39 is 10.1 Å². The van der Waals surface area contributed by atoms with Crippen molar-refractivity contribution in [3.63, 3.8) is 0 Å². The molecule has 0 atom stereocenters. The maximum absolute atomic E-state index is 11.4. The molecule has 1 aliphatic heterocycles. The first-order chi connectivity index (χ1) is 10.7. The minimum atomic E-state index is -4.27. The second kappa shape index (κ2) is 9.42. The van der Waals surface area contributed by atoms with Crippen molar-refractivity contribution in [3.8, 4) is 0 Å². The van der Waals surface area contributed by atoms with Gasteiger partial charge in [-0.15, -0.1) is 0 Å². The molecule has 1 saturated heterocycles. The summed E-state index contributed by atoms with van der Waals surface area (Å²) < 4.78 is 36.4. The van der Waals surface area contributed by atoms with Gasteiger partial charge < -0.3 is 9.29 Å². The number of rotatable bonds is 4. The summed E-state index contributed by atoms with van der Waals surface area (Å²) in [5.74, 6) is 3.61. The number of hydrogen-bond donors (Lipinski definition) is 0. The molecule has 23 heavy (non-hydrogen) atoms. The van der Waals surface area contributed by atoms with Gasteiger partial charge in [0.25, 0.3) is 0 Å². The van der Waals surface area contributed by atoms with Gasteiger partial charge >= 0.3 is 0 Å². The van der Waals surface area contributed by atoms with E-state index in [2.05, 4.69) is 0 Å². The first-order valence-corrected chi connectivity index (χ1v) is 10.6. The molecule has 7 heteroatoms. The van der Waals surface area contributed by atoms with E-state index in [9.17, 15) is 17.8 Å². The van der Waals surface area contributed by atoms with Crippen LogP contribution in [-0.4, -0.2) is 49.2 Å². The summed E-state index contributed by atoms with van der Waals surface area (Å²) >= 11 is 0. The molecular formula is C16H24O5S2. The van der Waals surface area contributed by atoms with Crippen LogP contribution in [0.1, 0.15) is 19.4 Å². The summed E-state index contributed by atoms with van der Waals surface area (Å²) in [5, 5.41) is 0. The number of hydrogen-bond acceptors (Lipinski definition) is 5. The first-order valence-electron chi connectivity index (χ1n) is 7.47. The molecule has 1 fully saturated rings. The lowest BCUT2D eigenvalue weighted by molar-refractivity contribution is -0.119. The second-order valence-electron chi connectivity index (χ2n) is 5.67. The Morgan fingerprint density at radius 3 is 2.17 bits per heavy atom. The summed E-state index contributed by atoms with van der Waals surface area (Å²) in [6, 6.07) is 5.78. The summed E-state index contributed by atoms with van der Waals surface area (Å²) in [6.45, 7) is 7.49. The highest BCUT2D eigenvalue weighted by atomic mass is 32.2. The number of benzene rings is 1. The Kier molecular flexibility index (Phi) is 8.25. The molecule has 0 spiro atoms. The van der Waals surface area contributed by atoms with Crippen LogP contribution in [0.4, 0.5) is 0 Å². The normalized spacial score (nSPS) is 15.9. The standard InChI is InChI=1S/C9H17O2S.C7H8O3S/c1-8(2)9(10)7-12-5-3-11-4-6-12;1-6-2-4-7(5-3-6)11(8,9)10/h8H,3-7H2,1-2H3;2-5H,1H3,(H,8,9,10)/q+1;/p-1. The van der Waals surface area contributed by atoms with Crippen LogP contribution >= 0.6 is 0 Å². The summed E-state index contributed by atoms with van der Waals surface area (Å²) in [7, 11) is -3.94. The Hall–Kier alpha value is -0.890. The Morgan fingerprint density at radius 1 is 1.22 bits per heavy atom. The highest BCUT2D eigenvalue weighted by Gasteiger charge is 2.26. The fraction of sp³-hybridized carbons (Fsp3) is 0.562. The van der Waals surface area contributed by atoms with Crippen LogP contribution in [0.2, 0.25) is 0 Å². The fourth-order valence-electron chi connectivity index (χ4n) is 1.77. The molecule has 0 radical (unpaired) electrons. The molecule has 2 rings (SSSR count). The first kappa shape index (κ1) is 20.2. The topological polar surface area (TPSA) is 83.5 Å². The number of carbonyl (C=O) groups is 1. The van der Waals surface area contributed by atoms with E-state index in [-0.39, 0.29) is 10.8 Å². The average Bonchev–Trinajstić information content (AvgIpc) is 2.48. The molecule has 130 valence electrons. The summed E-state index contributed by atoms with van der Waals surface area (Å²) in [6.07, 6.45) is 0. The third kappa shape index (κ3) is 7.97. The van der Waals surface area contributed by atoms with Crippen molar-refractivity contribution in [2.24, 2.45) is 5.92 Å². The predicted octanol–water partition coefficient (Wildman–Crippen LogP) is 1.76. The Bertz CT molecular complexity index is 587. The predicted molar refractivity (Wildman–Crippen MR) is 91.8 cm³/mol. The molecule has 0 unspecified atom stereocenters. The highest BCUT2D eigenvalue weighted by molar-refractivity contribution is 7.97. The largest absolute Gasteiger partial charge is 0.744 e. The molecular weight excluding hydrogens is 336 g/mol. The van der Waals surface area contributed by atoms with Crippen molar-refractivity contribution < 1.29 is 22.5 Å². The SMILES string of the molecule is CC(C)C(=O)C[S+]1CCOCC1.Cc1ccc(S(=O)(=O)[O-])cc1. The minimum Gasteiger partial charge on any atom is -0.744 e. The average molecular weight is 360 g/mol. The van der Waals surface area contributed by atoms with Crippen LogP contribution in [0.15, 0.2) is 29.2 Å². The minimum absolute atomic E-state index is 0.178. The molecule has 1 aromatic carbocycles. The Labute approximate surface area is 141 Å². The zero-order valence-corrected chi connectivity index (χ0v) is 15.4. The van der Waals surface area contributed by atoms with Gasteiger partial charge in [0.05, 0.1) is 18.1 Å². The number of carbonyl (C=O) groups excluding carboxylic acids is 1. The molecule has 0 saturated carbocycles. The van der Waals surface area contributed by atoms with Crippen LogP contribution in [0, 0.1) is 12.8 Å². The molecule has 1 aliphatic rings. The molecule has 0 aliphatic carbocycles. The molecule has 0 aromatic heterocycles. The third-order valence-corrected chi connectivity index (χ3v) is 6.36. The van der Waals surface area contributed by atoms with Gasteiger partial charge in [0.2, 0.25) is 0 Å². The van der Waals surface area contributed by atoms with E-state index in [1.54, 1.807) is 12.1 Å². The molecule has 5 nitrogen and oxygen atoms in total. The van der Waals surface area contributed by atoms with Crippen molar-refractivity contribution >= 4 is 26.8 Å². The van der Waals surface area contributed by atoms with Crippen molar-refractivity contribution in [1.29, 1.82) is 0 Å². The number of Topliss-reactive ketones (excluding diaryl/α,β-unsaturated/α-hetero) is 1. The quantitative estimate of drug-likeness (QED) is 0.603. The van der Waals surface area contributed by atoms with E-state index in [0.717, 1.165) is 36.0 Å². The van der Waals surface area contributed by atoms with E-state index in [1.807, 2.05) is 20.8 Å². The van der Waals surface area contributed by atoms with Crippen LogP contribution in [-0.2, 0) is 30.5 Å². The van der Waals surface area contributed by atoms with Gasteiger partial charge in [-0.25, -0.2) is 8.42 Å². The van der Waals surface area contributed by atoms with Crippen molar-refractivity contribution in [3.05, 3.63) is 29.8 Å². The molecule has 0 bridgehead atoms. The van der Waals surface area contributed by atoms with Gasteiger partial charge in [-0.2, -0.15) is 0 Å². The van der Waals surface area contributed by atoms with Crippen molar-refractivity contribution in [2.75, 3.05) is 30.5 Å². The Balaban J connectivity index is 0.000000231. The van der Waals surface area contributed by atoms with Gasteiger partial charge in [0, 0.05) is 5.92 Å². The van der Waals surface area contributed by atoms with Gasteiger partial charge in [0.1, 0.15) is 21.6 Å². The molecule has 1 aromatic rings. The van der Waals surface area contributed by atoms with Crippen LogP contribution in [0.5, 0.6) is 0 Å². The summed E-state index contributed by atoms with van der Waals surface area (Å²) in [4.78, 5) is 11.2.